The van der Waals surface area contributed by atoms with Crippen LogP contribution in [0.3, 0.4) is 0 Å². The van der Waals surface area contributed by atoms with E-state index in [1.807, 2.05) is 60.6 Å². The van der Waals surface area contributed by atoms with Crippen LogP contribution in [0.15, 0.2) is 18.2 Å². The van der Waals surface area contributed by atoms with Gasteiger partial charge in [0, 0.05) is 43.4 Å². The monoisotopic (exact) mass is 418 g/mol. The zero-order valence-corrected chi connectivity index (χ0v) is 19.6. The number of carbonyl (C=O) groups excluding carboxylic acids is 1. The Balaban J connectivity index is 1.69. The number of piperazine rings is 1. The quantitative estimate of drug-likeness (QED) is 0.704. The van der Waals surface area contributed by atoms with Gasteiger partial charge in [0.05, 0.1) is 18.3 Å². The molecule has 1 aromatic rings. The molecule has 0 N–H and O–H groups in total. The minimum absolute atomic E-state index is 0.254. The molecule has 0 radical (unpaired) electrons. The van der Waals surface area contributed by atoms with Crippen LogP contribution in [-0.2, 0) is 14.0 Å². The van der Waals surface area contributed by atoms with Gasteiger partial charge in [0.25, 0.3) is 0 Å². The molecule has 2 saturated heterocycles. The number of methoxy groups -OCH3 is 1. The number of rotatable bonds is 3. The smallest absolute Gasteiger partial charge is 0.497 e. The zero-order chi connectivity index (χ0) is 22.3. The molecule has 0 spiro atoms. The molecule has 30 heavy (non-hydrogen) atoms. The standard InChI is InChI=1S/C22H35BN2O5/c1-20(2,3)28-19(26)25-13-11-24(12-14-25)16-9-10-17(18(15-16)27-8)23-29-21(4,5)22(6,7)30-23/h9-10,15H,11-14H2,1-8H3. The average Bonchev–Trinajstić information content (AvgIpc) is 2.87. The van der Waals surface area contributed by atoms with Crippen molar-refractivity contribution in [3.05, 3.63) is 18.2 Å². The van der Waals surface area contributed by atoms with Crippen molar-refractivity contribution in [1.29, 1.82) is 0 Å². The van der Waals surface area contributed by atoms with E-state index in [9.17, 15) is 4.79 Å². The Labute approximate surface area is 180 Å². The van der Waals surface area contributed by atoms with E-state index < -0.39 is 23.9 Å². The first-order chi connectivity index (χ1) is 13.8. The van der Waals surface area contributed by atoms with E-state index in [1.54, 1.807) is 12.0 Å². The molecule has 2 aliphatic rings. The molecular weight excluding hydrogens is 383 g/mol. The fourth-order valence-corrected chi connectivity index (χ4v) is 3.53. The number of anilines is 1. The molecule has 8 heteroatoms. The van der Waals surface area contributed by atoms with E-state index in [2.05, 4.69) is 11.0 Å². The first-order valence-corrected chi connectivity index (χ1v) is 10.6. The number of amides is 1. The molecule has 0 saturated carbocycles. The third kappa shape index (κ3) is 4.70. The first kappa shape index (κ1) is 22.8. The minimum Gasteiger partial charge on any atom is -0.497 e. The lowest BCUT2D eigenvalue weighted by Crippen LogP contribution is -2.50. The van der Waals surface area contributed by atoms with Crippen LogP contribution < -0.4 is 15.1 Å². The number of nitrogens with zero attached hydrogens (tertiary/aromatic N) is 2. The summed E-state index contributed by atoms with van der Waals surface area (Å²) in [5, 5.41) is 0. The summed E-state index contributed by atoms with van der Waals surface area (Å²) in [4.78, 5) is 16.3. The van der Waals surface area contributed by atoms with Gasteiger partial charge in [-0.2, -0.15) is 0 Å². The second kappa shape index (κ2) is 7.96. The largest absolute Gasteiger partial charge is 0.498 e. The summed E-state index contributed by atoms with van der Waals surface area (Å²) >= 11 is 0. The van der Waals surface area contributed by atoms with Crippen LogP contribution in [0.25, 0.3) is 0 Å². The van der Waals surface area contributed by atoms with Gasteiger partial charge in [0.1, 0.15) is 11.4 Å². The summed E-state index contributed by atoms with van der Waals surface area (Å²) in [5.74, 6) is 0.737. The molecule has 0 aromatic heterocycles. The van der Waals surface area contributed by atoms with Crippen molar-refractivity contribution in [3.63, 3.8) is 0 Å². The van der Waals surface area contributed by atoms with Gasteiger partial charge in [-0.3, -0.25) is 0 Å². The molecule has 0 aliphatic carbocycles. The fourth-order valence-electron chi connectivity index (χ4n) is 3.53. The SMILES string of the molecule is COc1cc(N2CCN(C(=O)OC(C)(C)C)CC2)ccc1B1OC(C)(C)C(C)(C)O1. The van der Waals surface area contributed by atoms with Crippen molar-refractivity contribution in [1.82, 2.24) is 4.90 Å². The van der Waals surface area contributed by atoms with E-state index in [1.165, 1.54) is 0 Å². The average molecular weight is 418 g/mol. The zero-order valence-electron chi connectivity index (χ0n) is 19.6. The fraction of sp³-hybridized carbons (Fsp3) is 0.682. The van der Waals surface area contributed by atoms with Gasteiger partial charge in [-0.05, 0) is 54.5 Å². The second-order valence-electron chi connectivity index (χ2n) is 9.97. The van der Waals surface area contributed by atoms with Gasteiger partial charge in [-0.25, -0.2) is 4.79 Å². The number of benzene rings is 1. The topological polar surface area (TPSA) is 60.5 Å². The van der Waals surface area contributed by atoms with Crippen LogP contribution >= 0.6 is 0 Å². The van der Waals surface area contributed by atoms with Crippen LogP contribution in [0.5, 0.6) is 5.75 Å². The van der Waals surface area contributed by atoms with Crippen LogP contribution in [-0.4, -0.2) is 68.2 Å². The molecule has 1 aromatic carbocycles. The van der Waals surface area contributed by atoms with Crippen molar-refractivity contribution in [2.75, 3.05) is 38.2 Å². The molecule has 0 bridgehead atoms. The van der Waals surface area contributed by atoms with E-state index >= 15 is 0 Å². The van der Waals surface area contributed by atoms with Crippen LogP contribution in [0.4, 0.5) is 10.5 Å². The Hall–Kier alpha value is -1.93. The van der Waals surface area contributed by atoms with Gasteiger partial charge >= 0.3 is 13.2 Å². The number of hydrogen-bond donors (Lipinski definition) is 0. The Morgan fingerprint density at radius 3 is 2.10 bits per heavy atom. The van der Waals surface area contributed by atoms with Crippen LogP contribution in [0, 0.1) is 0 Å². The molecule has 3 rings (SSSR count). The number of ether oxygens (including phenoxy) is 2. The summed E-state index contributed by atoms with van der Waals surface area (Å²) in [6.07, 6.45) is -0.254. The summed E-state index contributed by atoms with van der Waals surface area (Å²) in [7, 11) is 1.19. The predicted molar refractivity (Wildman–Crippen MR) is 119 cm³/mol. The van der Waals surface area contributed by atoms with E-state index in [0.717, 1.165) is 30.0 Å². The van der Waals surface area contributed by atoms with E-state index in [-0.39, 0.29) is 6.09 Å². The summed E-state index contributed by atoms with van der Waals surface area (Å²) in [6.45, 7) is 16.5. The minimum atomic E-state index is -0.481. The van der Waals surface area contributed by atoms with Crippen molar-refractivity contribution >= 4 is 24.4 Å². The molecule has 166 valence electrons. The van der Waals surface area contributed by atoms with Gasteiger partial charge in [-0.1, -0.05) is 6.07 Å². The highest BCUT2D eigenvalue weighted by Crippen LogP contribution is 2.37. The molecule has 2 fully saturated rings. The predicted octanol–water partition coefficient (Wildman–Crippen LogP) is 3.05. The Morgan fingerprint density at radius 2 is 1.60 bits per heavy atom. The summed E-state index contributed by atoms with van der Waals surface area (Å²) in [5.41, 5.74) is 0.645. The maximum Gasteiger partial charge on any atom is 0.498 e. The Bertz CT molecular complexity index is 766. The number of hydrogen-bond acceptors (Lipinski definition) is 6. The summed E-state index contributed by atoms with van der Waals surface area (Å²) < 4.78 is 23.5. The van der Waals surface area contributed by atoms with Crippen LogP contribution in [0.1, 0.15) is 48.5 Å². The van der Waals surface area contributed by atoms with E-state index in [0.29, 0.717) is 13.1 Å². The number of carbonyl (C=O) groups is 1. The molecule has 7 nitrogen and oxygen atoms in total. The highest BCUT2D eigenvalue weighted by molar-refractivity contribution is 6.63. The molecule has 0 unspecified atom stereocenters. The summed E-state index contributed by atoms with van der Waals surface area (Å²) in [6, 6.07) is 6.09. The third-order valence-corrected chi connectivity index (χ3v) is 6.02. The molecule has 1 amide bonds. The van der Waals surface area contributed by atoms with Gasteiger partial charge in [-0.15, -0.1) is 0 Å². The highest BCUT2D eigenvalue weighted by atomic mass is 16.7. The highest BCUT2D eigenvalue weighted by Gasteiger charge is 2.52. The lowest BCUT2D eigenvalue weighted by Gasteiger charge is -2.37. The molecule has 0 atom stereocenters. The van der Waals surface area contributed by atoms with Crippen molar-refractivity contribution in [3.8, 4) is 5.75 Å². The van der Waals surface area contributed by atoms with E-state index in [4.69, 9.17) is 18.8 Å². The molecule has 2 heterocycles. The second-order valence-corrected chi connectivity index (χ2v) is 9.97. The maximum atomic E-state index is 12.3. The van der Waals surface area contributed by atoms with Gasteiger partial charge in [0.15, 0.2) is 0 Å². The van der Waals surface area contributed by atoms with Crippen molar-refractivity contribution in [2.24, 2.45) is 0 Å². The lowest BCUT2D eigenvalue weighted by molar-refractivity contribution is 0.00578. The Kier molecular flexibility index (Phi) is 6.04. The van der Waals surface area contributed by atoms with Crippen LogP contribution in [0.2, 0.25) is 0 Å². The van der Waals surface area contributed by atoms with Gasteiger partial charge in [0.2, 0.25) is 0 Å². The first-order valence-electron chi connectivity index (χ1n) is 10.6. The maximum absolute atomic E-state index is 12.3. The Morgan fingerprint density at radius 1 is 1.03 bits per heavy atom. The molecule has 2 aliphatic heterocycles. The lowest BCUT2D eigenvalue weighted by atomic mass is 9.78. The van der Waals surface area contributed by atoms with Crippen molar-refractivity contribution < 1.29 is 23.6 Å². The molecular formula is C22H35BN2O5. The normalized spacial score (nSPS) is 21.0. The van der Waals surface area contributed by atoms with Crippen molar-refractivity contribution in [2.45, 2.75) is 65.3 Å². The van der Waals surface area contributed by atoms with Gasteiger partial charge < -0.3 is 28.6 Å². The third-order valence-electron chi connectivity index (χ3n) is 6.02.